The maximum atomic E-state index is 5.30. The average molecular weight is 719 g/mol. The Labute approximate surface area is 321 Å². The number of aromatic nitrogens is 4. The van der Waals surface area contributed by atoms with Gasteiger partial charge in [-0.3, -0.25) is 4.57 Å². The Kier molecular flexibility index (Phi) is 6.45. The van der Waals surface area contributed by atoms with Gasteiger partial charge in [0.2, 0.25) is 5.95 Å². The first-order chi connectivity index (χ1) is 27.3. The molecule has 0 atom stereocenters. The first-order valence-electron chi connectivity index (χ1n) is 18.6. The summed E-state index contributed by atoms with van der Waals surface area (Å²) in [6.07, 6.45) is 0. The van der Waals surface area contributed by atoms with Gasteiger partial charge in [-0.1, -0.05) is 169 Å². The molecule has 0 saturated heterocycles. The van der Waals surface area contributed by atoms with Crippen LogP contribution in [0.4, 0.5) is 0 Å². The van der Waals surface area contributed by atoms with Crippen molar-refractivity contribution in [3.8, 4) is 39.9 Å². The van der Waals surface area contributed by atoms with Gasteiger partial charge in [0, 0.05) is 31.7 Å². The second-order valence-corrected chi connectivity index (χ2v) is 15.4. The van der Waals surface area contributed by atoms with Crippen molar-refractivity contribution in [2.24, 2.45) is 0 Å². The standard InChI is InChI=1S/C50H30N4S/c1-3-16-32(17-4-1)47-51-48(33-18-5-2-6-19-33)53-49(52-47)54-42-28-27-31-15-7-8-20-34(31)46(42)37-29-45-41(30-43(37)54)50(40-25-13-14-26-44(40)55-45)38-23-11-9-21-35(38)36-22-10-12-24-39(36)50/h1-30H. The number of benzene rings is 8. The molecule has 2 aliphatic rings. The molecule has 0 bridgehead atoms. The number of hydrogen-bond acceptors (Lipinski definition) is 4. The van der Waals surface area contributed by atoms with Crippen LogP contribution in [0.25, 0.3) is 72.4 Å². The zero-order chi connectivity index (χ0) is 36.1. The maximum absolute atomic E-state index is 5.30. The highest BCUT2D eigenvalue weighted by molar-refractivity contribution is 7.99. The van der Waals surface area contributed by atoms with Crippen LogP contribution in [0.5, 0.6) is 0 Å². The van der Waals surface area contributed by atoms with Gasteiger partial charge in [0.25, 0.3) is 0 Å². The van der Waals surface area contributed by atoms with Crippen molar-refractivity contribution < 1.29 is 0 Å². The van der Waals surface area contributed by atoms with Crippen molar-refractivity contribution in [1.29, 1.82) is 0 Å². The molecule has 1 aliphatic carbocycles. The molecule has 8 aromatic carbocycles. The number of fused-ring (bicyclic) bond motifs is 14. The molecule has 0 unspecified atom stereocenters. The van der Waals surface area contributed by atoms with Gasteiger partial charge < -0.3 is 0 Å². The van der Waals surface area contributed by atoms with Crippen LogP contribution in [0.1, 0.15) is 22.3 Å². The first-order valence-corrected chi connectivity index (χ1v) is 19.4. The van der Waals surface area contributed by atoms with Gasteiger partial charge >= 0.3 is 0 Å². The van der Waals surface area contributed by atoms with Crippen LogP contribution in [0.15, 0.2) is 192 Å². The molecule has 55 heavy (non-hydrogen) atoms. The van der Waals surface area contributed by atoms with E-state index in [2.05, 4.69) is 150 Å². The Hall–Kier alpha value is -6.82. The molecule has 10 aromatic rings. The summed E-state index contributed by atoms with van der Waals surface area (Å²) >= 11 is 1.88. The van der Waals surface area contributed by atoms with E-state index < -0.39 is 5.41 Å². The van der Waals surface area contributed by atoms with E-state index in [4.69, 9.17) is 15.0 Å². The van der Waals surface area contributed by atoms with Crippen molar-refractivity contribution in [1.82, 2.24) is 19.5 Å². The highest BCUT2D eigenvalue weighted by atomic mass is 32.2. The van der Waals surface area contributed by atoms with Crippen LogP contribution in [-0.4, -0.2) is 19.5 Å². The van der Waals surface area contributed by atoms with Crippen LogP contribution < -0.4 is 0 Å². The Morgan fingerprint density at radius 2 is 1.00 bits per heavy atom. The number of nitrogens with zero attached hydrogens (tertiary/aromatic N) is 4. The monoisotopic (exact) mass is 718 g/mol. The normalized spacial score (nSPS) is 13.5. The van der Waals surface area contributed by atoms with Gasteiger partial charge in [-0.15, -0.1) is 0 Å². The number of hydrogen-bond donors (Lipinski definition) is 0. The third kappa shape index (κ3) is 4.27. The van der Waals surface area contributed by atoms with E-state index in [1.807, 2.05) is 48.2 Å². The van der Waals surface area contributed by atoms with E-state index in [0.717, 1.165) is 22.2 Å². The molecule has 4 nitrogen and oxygen atoms in total. The predicted octanol–water partition coefficient (Wildman–Crippen LogP) is 12.3. The molecule has 0 N–H and O–H groups in total. The van der Waals surface area contributed by atoms with Gasteiger partial charge in [-0.25, -0.2) is 4.98 Å². The fraction of sp³-hybridized carbons (Fsp3) is 0.0200. The summed E-state index contributed by atoms with van der Waals surface area (Å²) < 4.78 is 2.28. The van der Waals surface area contributed by atoms with Crippen molar-refractivity contribution in [2.45, 2.75) is 15.2 Å². The zero-order valence-electron chi connectivity index (χ0n) is 29.5. The van der Waals surface area contributed by atoms with Gasteiger partial charge in [-0.05, 0) is 68.4 Å². The summed E-state index contributed by atoms with van der Waals surface area (Å²) in [7, 11) is 0. The maximum Gasteiger partial charge on any atom is 0.238 e. The van der Waals surface area contributed by atoms with Gasteiger partial charge in [0.05, 0.1) is 16.4 Å². The zero-order valence-corrected chi connectivity index (χ0v) is 30.3. The lowest BCUT2D eigenvalue weighted by molar-refractivity contribution is 0.723. The average Bonchev–Trinajstić information content (AvgIpc) is 3.74. The Balaban J connectivity index is 1.25. The molecule has 0 fully saturated rings. The smallest absolute Gasteiger partial charge is 0.238 e. The Morgan fingerprint density at radius 1 is 0.418 bits per heavy atom. The lowest BCUT2D eigenvalue weighted by atomic mass is 9.67. The van der Waals surface area contributed by atoms with Crippen LogP contribution in [-0.2, 0) is 5.41 Å². The minimum Gasteiger partial charge on any atom is -0.278 e. The van der Waals surface area contributed by atoms with Crippen LogP contribution in [0.2, 0.25) is 0 Å². The Morgan fingerprint density at radius 3 is 1.69 bits per heavy atom. The predicted molar refractivity (Wildman–Crippen MR) is 224 cm³/mol. The second kappa shape index (κ2) is 11.6. The van der Waals surface area contributed by atoms with Crippen molar-refractivity contribution in [3.05, 3.63) is 204 Å². The minimum atomic E-state index is -0.509. The van der Waals surface area contributed by atoms with Crippen molar-refractivity contribution in [3.63, 3.8) is 0 Å². The first kappa shape index (κ1) is 30.6. The Bertz CT molecular complexity index is 3080. The van der Waals surface area contributed by atoms with Crippen molar-refractivity contribution >= 4 is 44.3 Å². The molecular formula is C50H30N4S. The van der Waals surface area contributed by atoms with E-state index in [0.29, 0.717) is 17.6 Å². The molecule has 1 spiro atoms. The lowest BCUT2D eigenvalue weighted by Gasteiger charge is -2.39. The molecule has 256 valence electrons. The number of rotatable bonds is 3. The lowest BCUT2D eigenvalue weighted by Crippen LogP contribution is -2.32. The summed E-state index contributed by atoms with van der Waals surface area (Å²) in [5.74, 6) is 1.86. The molecule has 5 heteroatoms. The van der Waals surface area contributed by atoms with Crippen LogP contribution in [0.3, 0.4) is 0 Å². The van der Waals surface area contributed by atoms with Gasteiger partial charge in [0.1, 0.15) is 0 Å². The van der Waals surface area contributed by atoms with E-state index in [1.54, 1.807) is 0 Å². The highest BCUT2D eigenvalue weighted by Crippen LogP contribution is 2.62. The minimum absolute atomic E-state index is 0.509. The van der Waals surface area contributed by atoms with Gasteiger partial charge in [0.15, 0.2) is 11.6 Å². The van der Waals surface area contributed by atoms with Gasteiger partial charge in [-0.2, -0.15) is 9.97 Å². The summed E-state index contributed by atoms with van der Waals surface area (Å²) in [4.78, 5) is 18.2. The molecule has 2 aromatic heterocycles. The molecular weight excluding hydrogens is 689 g/mol. The van der Waals surface area contributed by atoms with E-state index in [1.165, 1.54) is 64.7 Å². The van der Waals surface area contributed by atoms with Crippen LogP contribution >= 0.6 is 11.8 Å². The molecule has 0 amide bonds. The fourth-order valence-corrected chi connectivity index (χ4v) is 10.5. The molecule has 1 aliphatic heterocycles. The van der Waals surface area contributed by atoms with Crippen LogP contribution in [0, 0.1) is 0 Å². The molecule has 0 saturated carbocycles. The van der Waals surface area contributed by atoms with E-state index in [-0.39, 0.29) is 0 Å². The third-order valence-corrected chi connectivity index (χ3v) is 12.6. The summed E-state index contributed by atoms with van der Waals surface area (Å²) in [6, 6.07) is 65.5. The van der Waals surface area contributed by atoms with E-state index >= 15 is 0 Å². The fourth-order valence-electron chi connectivity index (χ4n) is 9.25. The summed E-state index contributed by atoms with van der Waals surface area (Å²) in [5.41, 5.74) is 11.3. The SMILES string of the molecule is c1ccc(-c2nc(-c3ccccc3)nc(-n3c4cc5c(cc4c4c6ccccc6ccc43)Sc3ccccc3C53c4ccccc4-c4ccccc43)n2)cc1. The van der Waals surface area contributed by atoms with E-state index in [9.17, 15) is 0 Å². The highest BCUT2D eigenvalue weighted by Gasteiger charge is 2.50. The largest absolute Gasteiger partial charge is 0.278 e. The third-order valence-electron chi connectivity index (χ3n) is 11.5. The molecule has 12 rings (SSSR count). The molecule has 0 radical (unpaired) electrons. The second-order valence-electron chi connectivity index (χ2n) is 14.3. The topological polar surface area (TPSA) is 43.6 Å². The summed E-state index contributed by atoms with van der Waals surface area (Å²) in [6.45, 7) is 0. The van der Waals surface area contributed by atoms with Crippen molar-refractivity contribution in [2.75, 3.05) is 0 Å². The quantitative estimate of drug-likeness (QED) is 0.182. The summed E-state index contributed by atoms with van der Waals surface area (Å²) in [5, 5.41) is 4.77. The molecule has 3 heterocycles.